The third-order valence-electron chi connectivity index (χ3n) is 5.09. The maximum absolute atomic E-state index is 6.03. The van der Waals surface area contributed by atoms with Crippen molar-refractivity contribution in [1.29, 1.82) is 0 Å². The maximum Gasteiger partial charge on any atom is 0.122 e. The molecule has 3 heteroatoms. The van der Waals surface area contributed by atoms with Crippen LogP contribution in [0.3, 0.4) is 0 Å². The van der Waals surface area contributed by atoms with Gasteiger partial charge in [0.25, 0.3) is 0 Å². The molecule has 0 bridgehead atoms. The molecule has 152 valence electrons. The Kier molecular flexibility index (Phi) is 8.00. The smallest absolute Gasteiger partial charge is 0.122 e. The van der Waals surface area contributed by atoms with Gasteiger partial charge in [0.1, 0.15) is 18.1 Å². The molecule has 0 amide bonds. The van der Waals surface area contributed by atoms with Crippen molar-refractivity contribution in [2.45, 2.75) is 32.6 Å². The van der Waals surface area contributed by atoms with E-state index >= 15 is 0 Å². The zero-order valence-electron chi connectivity index (χ0n) is 17.4. The van der Waals surface area contributed by atoms with Crippen LogP contribution in [0.5, 0.6) is 11.5 Å². The molecule has 0 fully saturated rings. The number of benzene rings is 3. The maximum atomic E-state index is 6.03. The van der Waals surface area contributed by atoms with Gasteiger partial charge in [-0.3, -0.25) is 0 Å². The fourth-order valence-electron chi connectivity index (χ4n) is 3.22. The molecule has 3 aromatic carbocycles. The molecule has 0 aromatic heterocycles. The molecule has 3 nitrogen and oxygen atoms in total. The van der Waals surface area contributed by atoms with E-state index in [9.17, 15) is 0 Å². The Morgan fingerprint density at radius 3 is 2.45 bits per heavy atom. The summed E-state index contributed by atoms with van der Waals surface area (Å²) >= 11 is 0. The largest absolute Gasteiger partial charge is 0.493 e. The minimum Gasteiger partial charge on any atom is -0.493 e. The van der Waals surface area contributed by atoms with Crippen molar-refractivity contribution in [1.82, 2.24) is 0 Å². The normalized spacial score (nSPS) is 11.7. The van der Waals surface area contributed by atoms with Crippen LogP contribution in [-0.4, -0.2) is 19.8 Å². The standard InChI is InChI=1S/C26H31NO2/c1-3-21(2)25-14-7-8-15-26(25)29-19-17-27-23-12-9-13-24(20-23)28-18-16-22-10-5-4-6-11-22/h4-15,20-21,27H,3,16-19H2,1-2H3. The molecular formula is C26H31NO2. The van der Waals surface area contributed by atoms with Crippen molar-refractivity contribution in [2.24, 2.45) is 0 Å². The number of rotatable bonds is 11. The molecule has 29 heavy (non-hydrogen) atoms. The summed E-state index contributed by atoms with van der Waals surface area (Å²) in [5.41, 5.74) is 3.61. The van der Waals surface area contributed by atoms with Crippen molar-refractivity contribution in [3.63, 3.8) is 0 Å². The zero-order valence-corrected chi connectivity index (χ0v) is 17.4. The summed E-state index contributed by atoms with van der Waals surface area (Å²) in [7, 11) is 0. The lowest BCUT2D eigenvalue weighted by molar-refractivity contribution is 0.321. The predicted molar refractivity (Wildman–Crippen MR) is 121 cm³/mol. The predicted octanol–water partition coefficient (Wildman–Crippen LogP) is 6.31. The third kappa shape index (κ3) is 6.56. The van der Waals surface area contributed by atoms with Gasteiger partial charge in [-0.15, -0.1) is 0 Å². The summed E-state index contributed by atoms with van der Waals surface area (Å²) in [5.74, 6) is 2.37. The Morgan fingerprint density at radius 1 is 0.828 bits per heavy atom. The summed E-state index contributed by atoms with van der Waals surface area (Å²) in [5, 5.41) is 3.42. The second-order valence-electron chi connectivity index (χ2n) is 7.23. The lowest BCUT2D eigenvalue weighted by atomic mass is 9.98. The highest BCUT2D eigenvalue weighted by Crippen LogP contribution is 2.28. The van der Waals surface area contributed by atoms with Crippen molar-refractivity contribution in [2.75, 3.05) is 25.1 Å². The second kappa shape index (κ2) is 11.2. The van der Waals surface area contributed by atoms with Gasteiger partial charge in [0.05, 0.1) is 6.61 Å². The lowest BCUT2D eigenvalue weighted by Crippen LogP contribution is -2.12. The molecule has 3 aromatic rings. The first-order chi connectivity index (χ1) is 14.3. The minimum atomic E-state index is 0.504. The number of hydrogen-bond donors (Lipinski definition) is 1. The Labute approximate surface area is 174 Å². The molecular weight excluding hydrogens is 358 g/mol. The zero-order chi connectivity index (χ0) is 20.3. The summed E-state index contributed by atoms with van der Waals surface area (Å²) in [4.78, 5) is 0. The molecule has 0 aliphatic rings. The van der Waals surface area contributed by atoms with Gasteiger partial charge < -0.3 is 14.8 Å². The summed E-state index contributed by atoms with van der Waals surface area (Å²) < 4.78 is 11.9. The number of para-hydroxylation sites is 1. The van der Waals surface area contributed by atoms with E-state index in [1.807, 2.05) is 30.3 Å². The van der Waals surface area contributed by atoms with E-state index in [2.05, 4.69) is 67.7 Å². The average Bonchev–Trinajstić information content (AvgIpc) is 2.77. The molecule has 1 unspecified atom stereocenters. The summed E-state index contributed by atoms with van der Waals surface area (Å²) in [6, 6.07) is 26.8. The SMILES string of the molecule is CCC(C)c1ccccc1OCCNc1cccc(OCCc2ccccc2)c1. The van der Waals surface area contributed by atoms with Crippen molar-refractivity contribution in [3.05, 3.63) is 90.0 Å². The van der Waals surface area contributed by atoms with Crippen molar-refractivity contribution in [3.8, 4) is 11.5 Å². The van der Waals surface area contributed by atoms with Crippen LogP contribution in [-0.2, 0) is 6.42 Å². The monoisotopic (exact) mass is 389 g/mol. The van der Waals surface area contributed by atoms with Crippen LogP contribution < -0.4 is 14.8 Å². The summed E-state index contributed by atoms with van der Waals surface area (Å²) in [6.07, 6.45) is 2.01. The molecule has 1 atom stereocenters. The van der Waals surface area contributed by atoms with Crippen LogP contribution in [0.1, 0.15) is 37.3 Å². The molecule has 0 radical (unpaired) electrons. The molecule has 0 saturated carbocycles. The average molecular weight is 390 g/mol. The highest BCUT2D eigenvalue weighted by molar-refractivity contribution is 5.48. The fourth-order valence-corrected chi connectivity index (χ4v) is 3.22. The Hall–Kier alpha value is -2.94. The van der Waals surface area contributed by atoms with Crippen LogP contribution >= 0.6 is 0 Å². The first kappa shape index (κ1) is 20.8. The highest BCUT2D eigenvalue weighted by atomic mass is 16.5. The van der Waals surface area contributed by atoms with Gasteiger partial charge >= 0.3 is 0 Å². The number of nitrogens with one attached hydrogen (secondary N) is 1. The van der Waals surface area contributed by atoms with Crippen LogP contribution in [0, 0.1) is 0 Å². The third-order valence-corrected chi connectivity index (χ3v) is 5.09. The van der Waals surface area contributed by atoms with Crippen LogP contribution in [0.15, 0.2) is 78.9 Å². The Bertz CT molecular complexity index is 863. The van der Waals surface area contributed by atoms with E-state index < -0.39 is 0 Å². The van der Waals surface area contributed by atoms with Gasteiger partial charge in [-0.05, 0) is 41.7 Å². The van der Waals surface area contributed by atoms with Gasteiger partial charge in [-0.1, -0.05) is 68.4 Å². The van der Waals surface area contributed by atoms with E-state index in [1.165, 1.54) is 11.1 Å². The fraction of sp³-hybridized carbons (Fsp3) is 0.308. The van der Waals surface area contributed by atoms with Crippen LogP contribution in [0.25, 0.3) is 0 Å². The van der Waals surface area contributed by atoms with Crippen molar-refractivity contribution >= 4 is 5.69 Å². The van der Waals surface area contributed by atoms with Crippen LogP contribution in [0.2, 0.25) is 0 Å². The van der Waals surface area contributed by atoms with Crippen LogP contribution in [0.4, 0.5) is 5.69 Å². The highest BCUT2D eigenvalue weighted by Gasteiger charge is 2.09. The quantitative estimate of drug-likeness (QED) is 0.390. The van der Waals surface area contributed by atoms with E-state index in [1.54, 1.807) is 0 Å². The first-order valence-corrected chi connectivity index (χ1v) is 10.5. The van der Waals surface area contributed by atoms with Gasteiger partial charge in [-0.25, -0.2) is 0 Å². The van der Waals surface area contributed by atoms with Gasteiger partial charge in [0.2, 0.25) is 0 Å². The lowest BCUT2D eigenvalue weighted by Gasteiger charge is -2.16. The number of anilines is 1. The summed E-state index contributed by atoms with van der Waals surface area (Å²) in [6.45, 7) is 6.47. The molecule has 0 aliphatic heterocycles. The molecule has 0 spiro atoms. The molecule has 0 aliphatic carbocycles. The second-order valence-corrected chi connectivity index (χ2v) is 7.23. The first-order valence-electron chi connectivity index (χ1n) is 10.5. The molecule has 1 N–H and O–H groups in total. The molecule has 0 saturated heterocycles. The molecule has 3 rings (SSSR count). The number of hydrogen-bond acceptors (Lipinski definition) is 3. The van der Waals surface area contributed by atoms with Gasteiger partial charge in [-0.2, -0.15) is 0 Å². The van der Waals surface area contributed by atoms with Gasteiger partial charge in [0.15, 0.2) is 0 Å². The van der Waals surface area contributed by atoms with Crippen molar-refractivity contribution < 1.29 is 9.47 Å². The van der Waals surface area contributed by atoms with Gasteiger partial charge in [0, 0.05) is 24.7 Å². The van der Waals surface area contributed by atoms with E-state index in [4.69, 9.17) is 9.47 Å². The minimum absolute atomic E-state index is 0.504. The Balaban J connectivity index is 1.44. The van der Waals surface area contributed by atoms with E-state index in [0.29, 0.717) is 19.1 Å². The number of ether oxygens (including phenoxy) is 2. The Morgan fingerprint density at radius 2 is 1.62 bits per heavy atom. The van der Waals surface area contributed by atoms with E-state index in [0.717, 1.165) is 36.6 Å². The topological polar surface area (TPSA) is 30.5 Å². The van der Waals surface area contributed by atoms with E-state index in [-0.39, 0.29) is 0 Å². The molecule has 0 heterocycles.